The van der Waals surface area contributed by atoms with Gasteiger partial charge in [-0.1, -0.05) is 32.9 Å². The lowest BCUT2D eigenvalue weighted by molar-refractivity contribution is -0.129. The lowest BCUT2D eigenvalue weighted by Crippen LogP contribution is -2.56. The molecule has 94 valence electrons. The number of hydrogen-bond acceptors (Lipinski definition) is 2. The minimum absolute atomic E-state index is 0.0218. The van der Waals surface area contributed by atoms with E-state index in [9.17, 15) is 5.11 Å². The van der Waals surface area contributed by atoms with E-state index in [1.807, 2.05) is 12.1 Å². The smallest absolute Gasteiger partial charge is 0.118 e. The first-order chi connectivity index (χ1) is 8.04. The quantitative estimate of drug-likeness (QED) is 0.870. The summed E-state index contributed by atoms with van der Waals surface area (Å²) in [6, 6.07) is 8.26. The zero-order valence-electron chi connectivity index (χ0n) is 11.1. The Morgan fingerprint density at radius 3 is 2.35 bits per heavy atom. The summed E-state index contributed by atoms with van der Waals surface area (Å²) in [7, 11) is 1.68. The zero-order valence-corrected chi connectivity index (χ0v) is 11.1. The first-order valence-electron chi connectivity index (χ1n) is 6.36. The van der Waals surface area contributed by atoms with Gasteiger partial charge in [0.05, 0.1) is 13.2 Å². The number of hydrogen-bond donors (Lipinski definition) is 1. The molecule has 17 heavy (non-hydrogen) atoms. The molecule has 0 amide bonds. The van der Waals surface area contributed by atoms with Gasteiger partial charge in [0.15, 0.2) is 0 Å². The van der Waals surface area contributed by atoms with Crippen LogP contribution in [0.15, 0.2) is 24.3 Å². The number of aliphatic hydroxyl groups is 1. The predicted molar refractivity (Wildman–Crippen MR) is 69.3 cm³/mol. The minimum atomic E-state index is -0.181. The van der Waals surface area contributed by atoms with E-state index in [0.29, 0.717) is 11.8 Å². The molecular formula is C15H22O2. The molecule has 2 rings (SSSR count). The summed E-state index contributed by atoms with van der Waals surface area (Å²) in [4.78, 5) is 0. The van der Waals surface area contributed by atoms with Crippen molar-refractivity contribution in [2.24, 2.45) is 11.3 Å². The Hall–Kier alpha value is -1.02. The van der Waals surface area contributed by atoms with Crippen LogP contribution in [0.1, 0.15) is 38.7 Å². The number of benzene rings is 1. The number of rotatable bonds is 3. The second-order valence-electron chi connectivity index (χ2n) is 5.41. The minimum Gasteiger partial charge on any atom is -0.497 e. The van der Waals surface area contributed by atoms with Gasteiger partial charge in [-0.25, -0.2) is 0 Å². The number of ether oxygens (including phenoxy) is 1. The average Bonchev–Trinajstić information content (AvgIpc) is 2.38. The van der Waals surface area contributed by atoms with Gasteiger partial charge in [0.1, 0.15) is 5.75 Å². The van der Waals surface area contributed by atoms with Crippen LogP contribution in [-0.2, 0) is 0 Å². The fourth-order valence-corrected chi connectivity index (χ4v) is 3.37. The van der Waals surface area contributed by atoms with E-state index in [4.69, 9.17) is 4.74 Å². The standard InChI is InChI=1S/C15H22O2/c1-5-15(3)13(10(2)14(15)16)11-6-8-12(17-4)9-7-11/h6-10,13-14,16H,5H2,1-4H3. The molecular weight excluding hydrogens is 212 g/mol. The monoisotopic (exact) mass is 234 g/mol. The Bertz CT molecular complexity index is 384. The maximum absolute atomic E-state index is 10.1. The fourth-order valence-electron chi connectivity index (χ4n) is 3.37. The second kappa shape index (κ2) is 4.34. The lowest BCUT2D eigenvalue weighted by atomic mass is 9.50. The van der Waals surface area contributed by atoms with Crippen LogP contribution < -0.4 is 4.74 Å². The van der Waals surface area contributed by atoms with Gasteiger partial charge < -0.3 is 9.84 Å². The first-order valence-corrected chi connectivity index (χ1v) is 6.36. The molecule has 1 fully saturated rings. The summed E-state index contributed by atoms with van der Waals surface area (Å²) < 4.78 is 5.18. The predicted octanol–water partition coefficient (Wildman–Crippen LogP) is 3.21. The highest BCUT2D eigenvalue weighted by Gasteiger charge is 2.55. The van der Waals surface area contributed by atoms with Gasteiger partial charge in [0, 0.05) is 5.41 Å². The van der Waals surface area contributed by atoms with Crippen molar-refractivity contribution < 1.29 is 9.84 Å². The van der Waals surface area contributed by atoms with Crippen molar-refractivity contribution in [1.82, 2.24) is 0 Å². The summed E-state index contributed by atoms with van der Waals surface area (Å²) in [6.45, 7) is 6.48. The number of methoxy groups -OCH3 is 1. The van der Waals surface area contributed by atoms with Crippen LogP contribution in [0.2, 0.25) is 0 Å². The number of aliphatic hydroxyl groups excluding tert-OH is 1. The largest absolute Gasteiger partial charge is 0.497 e. The Morgan fingerprint density at radius 1 is 1.29 bits per heavy atom. The maximum atomic E-state index is 10.1. The average molecular weight is 234 g/mol. The van der Waals surface area contributed by atoms with Crippen molar-refractivity contribution >= 4 is 0 Å². The zero-order chi connectivity index (χ0) is 12.6. The van der Waals surface area contributed by atoms with E-state index >= 15 is 0 Å². The Kier molecular flexibility index (Phi) is 3.17. The van der Waals surface area contributed by atoms with E-state index in [1.165, 1.54) is 5.56 Å². The van der Waals surface area contributed by atoms with Crippen molar-refractivity contribution in [2.45, 2.75) is 39.2 Å². The molecule has 0 bridgehead atoms. The van der Waals surface area contributed by atoms with E-state index in [2.05, 4.69) is 32.9 Å². The fraction of sp³-hybridized carbons (Fsp3) is 0.600. The summed E-state index contributed by atoms with van der Waals surface area (Å²) >= 11 is 0. The molecule has 1 aromatic carbocycles. The van der Waals surface area contributed by atoms with Crippen molar-refractivity contribution in [3.8, 4) is 5.75 Å². The van der Waals surface area contributed by atoms with Crippen molar-refractivity contribution in [2.75, 3.05) is 7.11 Å². The third kappa shape index (κ3) is 1.75. The molecule has 0 spiro atoms. The first kappa shape index (κ1) is 12.4. The highest BCUT2D eigenvalue weighted by atomic mass is 16.5. The second-order valence-corrected chi connectivity index (χ2v) is 5.41. The van der Waals surface area contributed by atoms with Crippen molar-refractivity contribution in [1.29, 1.82) is 0 Å². The Balaban J connectivity index is 2.27. The molecule has 4 atom stereocenters. The van der Waals surface area contributed by atoms with Crippen LogP contribution in [-0.4, -0.2) is 18.3 Å². The topological polar surface area (TPSA) is 29.5 Å². The normalized spacial score (nSPS) is 36.4. The molecule has 0 heterocycles. The van der Waals surface area contributed by atoms with Crippen molar-refractivity contribution in [3.63, 3.8) is 0 Å². The summed E-state index contributed by atoms with van der Waals surface area (Å²) in [6.07, 6.45) is 0.828. The van der Waals surface area contributed by atoms with Crippen molar-refractivity contribution in [3.05, 3.63) is 29.8 Å². The molecule has 0 aromatic heterocycles. The molecule has 2 heteroatoms. The van der Waals surface area contributed by atoms with E-state index in [1.54, 1.807) is 7.11 Å². The SMILES string of the molecule is CCC1(C)C(O)C(C)C1c1ccc(OC)cc1. The molecule has 1 aliphatic rings. The van der Waals surface area contributed by atoms with Crippen LogP contribution in [0.3, 0.4) is 0 Å². The van der Waals surface area contributed by atoms with Crippen LogP contribution in [0.25, 0.3) is 0 Å². The van der Waals surface area contributed by atoms with E-state index in [-0.39, 0.29) is 11.5 Å². The van der Waals surface area contributed by atoms with E-state index in [0.717, 1.165) is 12.2 Å². The van der Waals surface area contributed by atoms with Crippen LogP contribution in [0, 0.1) is 11.3 Å². The van der Waals surface area contributed by atoms with Gasteiger partial charge in [-0.05, 0) is 36.0 Å². The van der Waals surface area contributed by atoms with E-state index < -0.39 is 0 Å². The maximum Gasteiger partial charge on any atom is 0.118 e. The van der Waals surface area contributed by atoms with Crippen LogP contribution >= 0.6 is 0 Å². The van der Waals surface area contributed by atoms with Gasteiger partial charge in [0.2, 0.25) is 0 Å². The molecule has 4 unspecified atom stereocenters. The van der Waals surface area contributed by atoms with Gasteiger partial charge in [-0.3, -0.25) is 0 Å². The summed E-state index contributed by atoms with van der Waals surface area (Å²) in [5, 5.41) is 10.1. The van der Waals surface area contributed by atoms with Gasteiger partial charge in [0.25, 0.3) is 0 Å². The molecule has 1 saturated carbocycles. The van der Waals surface area contributed by atoms with Crippen LogP contribution in [0.5, 0.6) is 5.75 Å². The molecule has 1 aliphatic carbocycles. The lowest BCUT2D eigenvalue weighted by Gasteiger charge is -2.57. The Labute approximate surface area is 104 Å². The molecule has 0 radical (unpaired) electrons. The highest BCUT2D eigenvalue weighted by molar-refractivity contribution is 5.34. The third-order valence-corrected chi connectivity index (χ3v) is 4.65. The highest BCUT2D eigenvalue weighted by Crippen LogP contribution is 2.58. The van der Waals surface area contributed by atoms with Gasteiger partial charge in [-0.2, -0.15) is 0 Å². The third-order valence-electron chi connectivity index (χ3n) is 4.65. The Morgan fingerprint density at radius 2 is 1.88 bits per heavy atom. The summed E-state index contributed by atoms with van der Waals surface area (Å²) in [5.74, 6) is 1.68. The van der Waals surface area contributed by atoms with Gasteiger partial charge >= 0.3 is 0 Å². The molecule has 1 N–H and O–H groups in total. The molecule has 0 saturated heterocycles. The molecule has 1 aromatic rings. The molecule has 2 nitrogen and oxygen atoms in total. The van der Waals surface area contributed by atoms with Crippen LogP contribution in [0.4, 0.5) is 0 Å². The van der Waals surface area contributed by atoms with Gasteiger partial charge in [-0.15, -0.1) is 0 Å². The summed E-state index contributed by atoms with van der Waals surface area (Å²) in [5.41, 5.74) is 1.33. The molecule has 0 aliphatic heterocycles.